The van der Waals surface area contributed by atoms with Crippen molar-refractivity contribution in [2.24, 2.45) is 0 Å². The number of anilines is 1. The van der Waals surface area contributed by atoms with Crippen LogP contribution in [0, 0.1) is 6.92 Å². The molecule has 2 rings (SSSR count). The van der Waals surface area contributed by atoms with Gasteiger partial charge in [0, 0.05) is 17.5 Å². The van der Waals surface area contributed by atoms with E-state index in [1.54, 1.807) is 12.4 Å². The van der Waals surface area contributed by atoms with Crippen LogP contribution in [-0.2, 0) is 0 Å². The Morgan fingerprint density at radius 1 is 1.21 bits per heavy atom. The summed E-state index contributed by atoms with van der Waals surface area (Å²) in [6.07, 6.45) is 3.42. The van der Waals surface area contributed by atoms with Gasteiger partial charge in [-0.3, -0.25) is 9.97 Å². The van der Waals surface area contributed by atoms with E-state index in [1.165, 1.54) is 0 Å². The second-order valence-corrected chi connectivity index (χ2v) is 3.12. The van der Waals surface area contributed by atoms with E-state index in [9.17, 15) is 0 Å². The van der Waals surface area contributed by atoms with Gasteiger partial charge in [-0.25, -0.2) is 0 Å². The maximum atomic E-state index is 5.67. The number of nitrogens with two attached hydrogens (primary N) is 1. The summed E-state index contributed by atoms with van der Waals surface area (Å²) in [5.74, 6) is 0. The Morgan fingerprint density at radius 2 is 2.07 bits per heavy atom. The monoisotopic (exact) mass is 185 g/mol. The molecule has 2 N–H and O–H groups in total. The average Bonchev–Trinajstić information content (AvgIpc) is 2.23. The van der Waals surface area contributed by atoms with Gasteiger partial charge in [-0.1, -0.05) is 6.07 Å². The zero-order chi connectivity index (χ0) is 9.97. The number of hydrogen-bond acceptors (Lipinski definition) is 3. The second-order valence-electron chi connectivity index (χ2n) is 3.12. The van der Waals surface area contributed by atoms with Gasteiger partial charge < -0.3 is 5.73 Å². The summed E-state index contributed by atoms with van der Waals surface area (Å²) in [7, 11) is 0. The minimum atomic E-state index is 0.663. The predicted molar refractivity (Wildman–Crippen MR) is 56.6 cm³/mol. The maximum Gasteiger partial charge on any atom is 0.0720 e. The SMILES string of the molecule is Cc1ncc(N)cc1-c1ccccn1. The number of pyridine rings is 2. The zero-order valence-corrected chi connectivity index (χ0v) is 7.94. The summed E-state index contributed by atoms with van der Waals surface area (Å²) in [6, 6.07) is 7.68. The summed E-state index contributed by atoms with van der Waals surface area (Å²) in [6.45, 7) is 1.95. The quantitative estimate of drug-likeness (QED) is 0.739. The van der Waals surface area contributed by atoms with Gasteiger partial charge in [0.15, 0.2) is 0 Å². The fraction of sp³-hybridized carbons (Fsp3) is 0.0909. The fourth-order valence-corrected chi connectivity index (χ4v) is 1.33. The van der Waals surface area contributed by atoms with Crippen molar-refractivity contribution in [2.75, 3.05) is 5.73 Å². The molecule has 0 spiro atoms. The molecule has 2 aromatic heterocycles. The molecule has 0 fully saturated rings. The number of nitrogens with zero attached hydrogens (tertiary/aromatic N) is 2. The molecule has 0 aliphatic rings. The van der Waals surface area contributed by atoms with Crippen LogP contribution in [0.15, 0.2) is 36.7 Å². The van der Waals surface area contributed by atoms with Gasteiger partial charge in [-0.05, 0) is 25.1 Å². The normalized spacial score (nSPS) is 10.1. The van der Waals surface area contributed by atoms with Crippen molar-refractivity contribution in [3.05, 3.63) is 42.4 Å². The molecule has 0 aliphatic carbocycles. The minimum Gasteiger partial charge on any atom is -0.397 e. The van der Waals surface area contributed by atoms with E-state index in [2.05, 4.69) is 9.97 Å². The molecule has 0 bridgehead atoms. The summed E-state index contributed by atoms with van der Waals surface area (Å²) >= 11 is 0. The lowest BCUT2D eigenvalue weighted by Gasteiger charge is -2.04. The smallest absolute Gasteiger partial charge is 0.0720 e. The van der Waals surface area contributed by atoms with Crippen LogP contribution in [0.3, 0.4) is 0 Å². The Labute approximate surface area is 82.6 Å². The third-order valence-electron chi connectivity index (χ3n) is 2.05. The van der Waals surface area contributed by atoms with Crippen LogP contribution in [0.2, 0.25) is 0 Å². The number of aromatic nitrogens is 2. The average molecular weight is 185 g/mol. The zero-order valence-electron chi connectivity index (χ0n) is 7.94. The number of nitrogen functional groups attached to an aromatic ring is 1. The minimum absolute atomic E-state index is 0.663. The van der Waals surface area contributed by atoms with Gasteiger partial charge in [0.25, 0.3) is 0 Å². The molecule has 2 aromatic rings. The molecule has 0 aliphatic heterocycles. The summed E-state index contributed by atoms with van der Waals surface area (Å²) in [5.41, 5.74) is 9.18. The van der Waals surface area contributed by atoms with E-state index in [1.807, 2.05) is 31.2 Å². The first-order chi connectivity index (χ1) is 6.77. The molecule has 2 heterocycles. The second kappa shape index (κ2) is 3.46. The van der Waals surface area contributed by atoms with Gasteiger partial charge in [-0.2, -0.15) is 0 Å². The fourth-order valence-electron chi connectivity index (χ4n) is 1.33. The molecule has 0 unspecified atom stereocenters. The first-order valence-electron chi connectivity index (χ1n) is 4.41. The molecule has 0 atom stereocenters. The van der Waals surface area contributed by atoms with Crippen LogP contribution in [0.4, 0.5) is 5.69 Å². The lowest BCUT2D eigenvalue weighted by Crippen LogP contribution is -1.93. The maximum absolute atomic E-state index is 5.67. The lowest BCUT2D eigenvalue weighted by molar-refractivity contribution is 1.19. The molecule has 0 aromatic carbocycles. The van der Waals surface area contributed by atoms with E-state index >= 15 is 0 Å². The molecule has 3 nitrogen and oxygen atoms in total. The van der Waals surface area contributed by atoms with E-state index in [0.717, 1.165) is 17.0 Å². The Morgan fingerprint density at radius 3 is 2.79 bits per heavy atom. The van der Waals surface area contributed by atoms with Crippen molar-refractivity contribution >= 4 is 5.69 Å². The highest BCUT2D eigenvalue weighted by Crippen LogP contribution is 2.21. The molecule has 14 heavy (non-hydrogen) atoms. The van der Waals surface area contributed by atoms with E-state index in [-0.39, 0.29) is 0 Å². The summed E-state index contributed by atoms with van der Waals surface area (Å²) in [5, 5.41) is 0. The van der Waals surface area contributed by atoms with Crippen LogP contribution in [-0.4, -0.2) is 9.97 Å². The third kappa shape index (κ3) is 1.57. The van der Waals surface area contributed by atoms with Crippen LogP contribution in [0.5, 0.6) is 0 Å². The molecule has 0 saturated carbocycles. The van der Waals surface area contributed by atoms with Crippen molar-refractivity contribution < 1.29 is 0 Å². The molecular formula is C11H11N3. The van der Waals surface area contributed by atoms with Crippen LogP contribution in [0.25, 0.3) is 11.3 Å². The van der Waals surface area contributed by atoms with Gasteiger partial charge in [0.05, 0.1) is 17.6 Å². The summed E-state index contributed by atoms with van der Waals surface area (Å²) in [4.78, 5) is 8.45. The van der Waals surface area contributed by atoms with Crippen molar-refractivity contribution in [1.29, 1.82) is 0 Å². The molecule has 70 valence electrons. The topological polar surface area (TPSA) is 51.8 Å². The lowest BCUT2D eigenvalue weighted by atomic mass is 10.1. The Bertz CT molecular complexity index is 438. The van der Waals surface area contributed by atoms with Gasteiger partial charge in [0.1, 0.15) is 0 Å². The van der Waals surface area contributed by atoms with Gasteiger partial charge >= 0.3 is 0 Å². The van der Waals surface area contributed by atoms with Crippen LogP contribution in [0.1, 0.15) is 5.69 Å². The van der Waals surface area contributed by atoms with E-state index in [4.69, 9.17) is 5.73 Å². The van der Waals surface area contributed by atoms with Crippen LogP contribution >= 0.6 is 0 Å². The van der Waals surface area contributed by atoms with Crippen molar-refractivity contribution in [3.8, 4) is 11.3 Å². The number of aryl methyl sites for hydroxylation is 1. The molecular weight excluding hydrogens is 174 g/mol. The Hall–Kier alpha value is -1.90. The highest BCUT2D eigenvalue weighted by molar-refractivity contribution is 5.65. The Kier molecular flexibility index (Phi) is 2.14. The number of rotatable bonds is 1. The van der Waals surface area contributed by atoms with Crippen molar-refractivity contribution in [1.82, 2.24) is 9.97 Å². The highest BCUT2D eigenvalue weighted by atomic mass is 14.7. The first-order valence-corrected chi connectivity index (χ1v) is 4.41. The van der Waals surface area contributed by atoms with Gasteiger partial charge in [0.2, 0.25) is 0 Å². The Balaban J connectivity index is 2.57. The standard InChI is InChI=1S/C11H11N3/c1-8-10(6-9(12)7-14-8)11-4-2-3-5-13-11/h2-7H,12H2,1H3. The highest BCUT2D eigenvalue weighted by Gasteiger charge is 2.03. The molecule has 0 amide bonds. The molecule has 0 radical (unpaired) electrons. The summed E-state index contributed by atoms with van der Waals surface area (Å²) < 4.78 is 0. The van der Waals surface area contributed by atoms with Crippen molar-refractivity contribution in [2.45, 2.75) is 6.92 Å². The molecule has 0 saturated heterocycles. The predicted octanol–water partition coefficient (Wildman–Crippen LogP) is 2.03. The van der Waals surface area contributed by atoms with Crippen molar-refractivity contribution in [3.63, 3.8) is 0 Å². The third-order valence-corrected chi connectivity index (χ3v) is 2.05. The number of hydrogen-bond donors (Lipinski definition) is 1. The largest absolute Gasteiger partial charge is 0.397 e. The van der Waals surface area contributed by atoms with Crippen LogP contribution < -0.4 is 5.73 Å². The first kappa shape index (κ1) is 8.69. The molecule has 3 heteroatoms. The van der Waals surface area contributed by atoms with Gasteiger partial charge in [-0.15, -0.1) is 0 Å². The van der Waals surface area contributed by atoms with E-state index < -0.39 is 0 Å². The van der Waals surface area contributed by atoms with E-state index in [0.29, 0.717) is 5.69 Å².